The van der Waals surface area contributed by atoms with Crippen LogP contribution in [0.1, 0.15) is 19.4 Å². The van der Waals surface area contributed by atoms with Crippen molar-refractivity contribution in [2.45, 2.75) is 20.4 Å². The molecular weight excluding hydrogens is 184 g/mol. The Bertz CT molecular complexity index is 339. The lowest BCUT2D eigenvalue weighted by Crippen LogP contribution is -2.23. The van der Waals surface area contributed by atoms with Crippen LogP contribution in [0.3, 0.4) is 0 Å². The third-order valence-corrected chi connectivity index (χ3v) is 2.23. The van der Waals surface area contributed by atoms with Crippen molar-refractivity contribution in [3.05, 3.63) is 48.2 Å². The molecule has 0 fully saturated rings. The van der Waals surface area contributed by atoms with E-state index in [2.05, 4.69) is 41.2 Å². The summed E-state index contributed by atoms with van der Waals surface area (Å²) in [6, 6.07) is 10.4. The Kier molecular flexibility index (Phi) is 4.61. The average molecular weight is 202 g/mol. The van der Waals surface area contributed by atoms with E-state index < -0.39 is 0 Å². The molecule has 2 heteroatoms. The van der Waals surface area contributed by atoms with E-state index in [0.717, 1.165) is 12.4 Å². The van der Waals surface area contributed by atoms with Crippen LogP contribution < -0.4 is 0 Å². The van der Waals surface area contributed by atoms with Gasteiger partial charge in [-0.15, -0.1) is 0 Å². The minimum atomic E-state index is 0.897. The Morgan fingerprint density at radius 2 is 2.00 bits per heavy atom. The standard InChI is InChI=1S/C13H18N2/c1-4-10-14-12(2)15(3)11-13-8-6-5-7-9-13/h4-10H,11H2,1-3H3. The number of hydrogen-bond donors (Lipinski definition) is 0. The predicted octanol–water partition coefficient (Wildman–Crippen LogP) is 3.07. The number of hydrogen-bond acceptors (Lipinski definition) is 1. The second-order valence-electron chi connectivity index (χ2n) is 3.50. The van der Waals surface area contributed by atoms with E-state index in [9.17, 15) is 0 Å². The van der Waals surface area contributed by atoms with Gasteiger partial charge in [-0.2, -0.15) is 0 Å². The van der Waals surface area contributed by atoms with Gasteiger partial charge in [0.25, 0.3) is 0 Å². The van der Waals surface area contributed by atoms with Gasteiger partial charge >= 0.3 is 0 Å². The van der Waals surface area contributed by atoms with Crippen LogP contribution in [0.2, 0.25) is 0 Å². The summed E-state index contributed by atoms with van der Waals surface area (Å²) in [6.07, 6.45) is 3.75. The molecule has 0 saturated heterocycles. The normalized spacial score (nSPS) is 12.1. The van der Waals surface area contributed by atoms with Gasteiger partial charge in [0.05, 0.1) is 0 Å². The molecule has 2 nitrogen and oxygen atoms in total. The molecule has 0 aliphatic rings. The van der Waals surface area contributed by atoms with Crippen LogP contribution in [-0.2, 0) is 6.54 Å². The SMILES string of the molecule is CC=CN=C(C)N(C)Cc1ccccc1. The molecule has 0 N–H and O–H groups in total. The van der Waals surface area contributed by atoms with Gasteiger partial charge in [0.1, 0.15) is 5.84 Å². The molecule has 0 bridgehead atoms. The first-order chi connectivity index (χ1) is 7.24. The molecule has 0 heterocycles. The number of aliphatic imine (C=N–C) groups is 1. The molecule has 1 aromatic carbocycles. The predicted molar refractivity (Wildman–Crippen MR) is 65.8 cm³/mol. The summed E-state index contributed by atoms with van der Waals surface area (Å²) in [5.41, 5.74) is 1.30. The first kappa shape index (κ1) is 11.5. The summed E-state index contributed by atoms with van der Waals surface area (Å²) in [7, 11) is 2.05. The van der Waals surface area contributed by atoms with Gasteiger partial charge in [-0.3, -0.25) is 0 Å². The van der Waals surface area contributed by atoms with E-state index in [1.807, 2.05) is 32.2 Å². The van der Waals surface area contributed by atoms with Crippen molar-refractivity contribution in [2.75, 3.05) is 7.05 Å². The fourth-order valence-electron chi connectivity index (χ4n) is 1.25. The van der Waals surface area contributed by atoms with E-state index in [4.69, 9.17) is 0 Å². The Labute approximate surface area is 92.0 Å². The largest absolute Gasteiger partial charge is 0.359 e. The van der Waals surface area contributed by atoms with Gasteiger partial charge in [0.15, 0.2) is 0 Å². The zero-order chi connectivity index (χ0) is 11.1. The summed E-state index contributed by atoms with van der Waals surface area (Å²) in [5, 5.41) is 0. The van der Waals surface area contributed by atoms with E-state index in [-0.39, 0.29) is 0 Å². The van der Waals surface area contributed by atoms with Crippen molar-refractivity contribution in [2.24, 2.45) is 4.99 Å². The van der Waals surface area contributed by atoms with Gasteiger partial charge in [-0.05, 0) is 19.4 Å². The summed E-state index contributed by atoms with van der Waals surface area (Å²) in [4.78, 5) is 6.44. The lowest BCUT2D eigenvalue weighted by atomic mass is 10.2. The van der Waals surface area contributed by atoms with E-state index in [1.165, 1.54) is 5.56 Å². The maximum absolute atomic E-state index is 4.30. The van der Waals surface area contributed by atoms with Crippen LogP contribution >= 0.6 is 0 Å². The molecule has 1 aromatic rings. The highest BCUT2D eigenvalue weighted by Crippen LogP contribution is 2.03. The van der Waals surface area contributed by atoms with Crippen LogP contribution in [0, 0.1) is 0 Å². The van der Waals surface area contributed by atoms with Crippen molar-refractivity contribution >= 4 is 5.84 Å². The molecule has 0 amide bonds. The van der Waals surface area contributed by atoms with E-state index in [0.29, 0.717) is 0 Å². The van der Waals surface area contributed by atoms with Crippen LogP contribution in [0.25, 0.3) is 0 Å². The maximum Gasteiger partial charge on any atom is 0.101 e. The van der Waals surface area contributed by atoms with E-state index in [1.54, 1.807) is 0 Å². The maximum atomic E-state index is 4.30. The molecule has 0 aliphatic carbocycles. The zero-order valence-corrected chi connectivity index (χ0v) is 9.64. The molecule has 0 saturated carbocycles. The van der Waals surface area contributed by atoms with E-state index >= 15 is 0 Å². The van der Waals surface area contributed by atoms with Crippen molar-refractivity contribution in [3.8, 4) is 0 Å². The molecule has 1 rings (SSSR count). The average Bonchev–Trinajstić information content (AvgIpc) is 2.27. The number of allylic oxidation sites excluding steroid dienone is 1. The van der Waals surface area contributed by atoms with Gasteiger partial charge in [0, 0.05) is 19.8 Å². The third-order valence-electron chi connectivity index (χ3n) is 2.23. The highest BCUT2D eigenvalue weighted by molar-refractivity contribution is 5.79. The molecule has 15 heavy (non-hydrogen) atoms. The second-order valence-corrected chi connectivity index (χ2v) is 3.50. The van der Waals surface area contributed by atoms with Crippen LogP contribution in [-0.4, -0.2) is 17.8 Å². The Morgan fingerprint density at radius 1 is 1.33 bits per heavy atom. The molecule has 0 unspecified atom stereocenters. The zero-order valence-electron chi connectivity index (χ0n) is 9.64. The third kappa shape index (κ3) is 3.98. The second kappa shape index (κ2) is 6.02. The fraction of sp³-hybridized carbons (Fsp3) is 0.308. The summed E-state index contributed by atoms with van der Waals surface area (Å²) in [6.45, 7) is 4.88. The molecule has 0 aromatic heterocycles. The fourth-order valence-corrected chi connectivity index (χ4v) is 1.25. The molecule has 0 radical (unpaired) electrons. The quantitative estimate of drug-likeness (QED) is 0.543. The summed E-state index contributed by atoms with van der Waals surface area (Å²) >= 11 is 0. The highest BCUT2D eigenvalue weighted by Gasteiger charge is 2.00. The number of amidine groups is 1. The first-order valence-electron chi connectivity index (χ1n) is 5.14. The van der Waals surface area contributed by atoms with Crippen molar-refractivity contribution in [3.63, 3.8) is 0 Å². The Morgan fingerprint density at radius 3 is 2.60 bits per heavy atom. The number of nitrogens with zero attached hydrogens (tertiary/aromatic N) is 2. The van der Waals surface area contributed by atoms with Crippen molar-refractivity contribution in [1.29, 1.82) is 0 Å². The van der Waals surface area contributed by atoms with Gasteiger partial charge in [-0.25, -0.2) is 4.99 Å². The molecular formula is C13H18N2. The first-order valence-corrected chi connectivity index (χ1v) is 5.14. The molecule has 80 valence electrons. The smallest absolute Gasteiger partial charge is 0.101 e. The lowest BCUT2D eigenvalue weighted by molar-refractivity contribution is 0.497. The highest BCUT2D eigenvalue weighted by atomic mass is 15.1. The van der Waals surface area contributed by atoms with Crippen molar-refractivity contribution < 1.29 is 0 Å². The number of rotatable bonds is 3. The topological polar surface area (TPSA) is 15.6 Å². The van der Waals surface area contributed by atoms with Gasteiger partial charge < -0.3 is 4.90 Å². The minimum absolute atomic E-state index is 0.897. The Hall–Kier alpha value is -1.57. The summed E-state index contributed by atoms with van der Waals surface area (Å²) < 4.78 is 0. The molecule has 0 aliphatic heterocycles. The summed E-state index contributed by atoms with van der Waals surface area (Å²) in [5.74, 6) is 1.02. The molecule has 0 atom stereocenters. The molecule has 0 spiro atoms. The van der Waals surface area contributed by atoms with Gasteiger partial charge in [0.2, 0.25) is 0 Å². The van der Waals surface area contributed by atoms with Crippen LogP contribution in [0.5, 0.6) is 0 Å². The lowest BCUT2D eigenvalue weighted by Gasteiger charge is -2.18. The monoisotopic (exact) mass is 202 g/mol. The van der Waals surface area contributed by atoms with Crippen LogP contribution in [0.15, 0.2) is 47.6 Å². The van der Waals surface area contributed by atoms with Crippen molar-refractivity contribution in [1.82, 2.24) is 4.90 Å². The van der Waals surface area contributed by atoms with Crippen LogP contribution in [0.4, 0.5) is 0 Å². The Balaban J connectivity index is 2.59. The number of benzene rings is 1. The van der Waals surface area contributed by atoms with Gasteiger partial charge in [-0.1, -0.05) is 36.4 Å². The minimum Gasteiger partial charge on any atom is -0.359 e.